The number of aromatic nitrogens is 2. The molecule has 0 saturated carbocycles. The summed E-state index contributed by atoms with van der Waals surface area (Å²) in [6.07, 6.45) is 0.968. The number of methoxy groups -OCH3 is 2. The molecule has 0 fully saturated rings. The van der Waals surface area contributed by atoms with E-state index in [-0.39, 0.29) is 17.3 Å². The molecule has 2 atom stereocenters. The summed E-state index contributed by atoms with van der Waals surface area (Å²) in [6.45, 7) is 0. The van der Waals surface area contributed by atoms with Crippen LogP contribution in [0.3, 0.4) is 0 Å². The Balaban J connectivity index is 1.47. The number of allylic oxidation sites excluding steroid dienone is 2. The van der Waals surface area contributed by atoms with E-state index >= 15 is 0 Å². The van der Waals surface area contributed by atoms with Crippen LogP contribution < -0.4 is 25.2 Å². The van der Waals surface area contributed by atoms with Crippen LogP contribution >= 0.6 is 0 Å². The molecule has 8 heteroatoms. The highest BCUT2D eigenvalue weighted by atomic mass is 16.5. The van der Waals surface area contributed by atoms with E-state index < -0.39 is 5.92 Å². The zero-order valence-electron chi connectivity index (χ0n) is 23.0. The molecular formula is C32H32N4O4. The number of para-hydroxylation sites is 1. The first-order valence-electron chi connectivity index (χ1n) is 13.3. The van der Waals surface area contributed by atoms with E-state index in [4.69, 9.17) is 9.47 Å². The second-order valence-corrected chi connectivity index (χ2v) is 10.5. The molecule has 8 nitrogen and oxygen atoms in total. The fraction of sp³-hybridized carbons (Fsp3) is 0.250. The van der Waals surface area contributed by atoms with Crippen molar-refractivity contribution in [3.63, 3.8) is 0 Å². The lowest BCUT2D eigenvalue weighted by Gasteiger charge is -2.34. The lowest BCUT2D eigenvalue weighted by atomic mass is 9.72. The van der Waals surface area contributed by atoms with Crippen molar-refractivity contribution in [2.24, 2.45) is 0 Å². The number of nitrogens with one attached hydrogen (secondary N) is 2. The minimum Gasteiger partial charge on any atom is -0.493 e. The van der Waals surface area contributed by atoms with Crippen LogP contribution in [-0.4, -0.2) is 43.9 Å². The molecule has 1 aromatic heterocycles. The van der Waals surface area contributed by atoms with Gasteiger partial charge in [0.1, 0.15) is 5.82 Å². The Morgan fingerprint density at radius 1 is 0.850 bits per heavy atom. The average Bonchev–Trinajstić information content (AvgIpc) is 3.31. The average molecular weight is 537 g/mol. The topological polar surface area (TPSA) is 88.6 Å². The van der Waals surface area contributed by atoms with Crippen molar-refractivity contribution in [3.8, 4) is 17.2 Å². The Bertz CT molecular complexity index is 1670. The molecular weight excluding hydrogens is 504 g/mol. The van der Waals surface area contributed by atoms with Crippen molar-refractivity contribution in [3.05, 3.63) is 111 Å². The van der Waals surface area contributed by atoms with Gasteiger partial charge in [-0.05, 0) is 59.9 Å². The highest BCUT2D eigenvalue weighted by molar-refractivity contribution is 6.01. The molecule has 2 heterocycles. The SMILES string of the molecule is COc1ccc([C@H]2CC(=O)C3=C(C2)Nc2[nH]n(-c4ccccc4)c(=O)c2[C@@H]3c2ccc(N(C)C)cc2)cc1OC. The largest absolute Gasteiger partial charge is 0.493 e. The number of H-pyrrole nitrogens is 1. The van der Waals surface area contributed by atoms with Crippen LogP contribution in [0.5, 0.6) is 11.5 Å². The molecule has 3 aromatic carbocycles. The van der Waals surface area contributed by atoms with Crippen molar-refractivity contribution in [1.29, 1.82) is 0 Å². The van der Waals surface area contributed by atoms with Crippen molar-refractivity contribution in [2.75, 3.05) is 38.5 Å². The van der Waals surface area contributed by atoms with Gasteiger partial charge in [0, 0.05) is 43.4 Å². The van der Waals surface area contributed by atoms with Gasteiger partial charge >= 0.3 is 0 Å². The Hall–Kier alpha value is -4.72. The van der Waals surface area contributed by atoms with Crippen LogP contribution in [0.15, 0.2) is 88.9 Å². The van der Waals surface area contributed by atoms with Gasteiger partial charge in [0.05, 0.1) is 25.5 Å². The number of carbonyl (C=O) groups is 1. The lowest BCUT2D eigenvalue weighted by molar-refractivity contribution is -0.116. The summed E-state index contributed by atoms with van der Waals surface area (Å²) in [4.78, 5) is 29.9. The summed E-state index contributed by atoms with van der Waals surface area (Å²) < 4.78 is 12.5. The van der Waals surface area contributed by atoms with Gasteiger partial charge < -0.3 is 19.7 Å². The number of ether oxygens (including phenoxy) is 2. The molecule has 2 N–H and O–H groups in total. The highest BCUT2D eigenvalue weighted by Crippen LogP contribution is 2.47. The maximum Gasteiger partial charge on any atom is 0.277 e. The molecule has 40 heavy (non-hydrogen) atoms. The lowest BCUT2D eigenvalue weighted by Crippen LogP contribution is -2.32. The first-order chi connectivity index (χ1) is 19.4. The van der Waals surface area contributed by atoms with Crippen molar-refractivity contribution >= 4 is 17.3 Å². The van der Waals surface area contributed by atoms with Gasteiger partial charge in [0.2, 0.25) is 0 Å². The summed E-state index contributed by atoms with van der Waals surface area (Å²) in [5.41, 5.74) is 5.59. The number of aromatic amines is 1. The number of nitrogens with zero attached hydrogens (tertiary/aromatic N) is 2. The number of rotatable bonds is 6. The quantitative estimate of drug-likeness (QED) is 0.352. The number of anilines is 2. The van der Waals surface area contributed by atoms with Gasteiger partial charge in [0.25, 0.3) is 5.56 Å². The summed E-state index contributed by atoms with van der Waals surface area (Å²) in [7, 11) is 7.19. The monoisotopic (exact) mass is 536 g/mol. The highest BCUT2D eigenvalue weighted by Gasteiger charge is 2.41. The van der Waals surface area contributed by atoms with Gasteiger partial charge in [-0.2, -0.15) is 0 Å². The third-order valence-corrected chi connectivity index (χ3v) is 7.92. The Labute approximate surface area is 232 Å². The summed E-state index contributed by atoms with van der Waals surface area (Å²) >= 11 is 0. The summed E-state index contributed by atoms with van der Waals surface area (Å²) in [5, 5.41) is 6.74. The van der Waals surface area contributed by atoms with Crippen molar-refractivity contribution in [2.45, 2.75) is 24.7 Å². The van der Waals surface area contributed by atoms with E-state index in [9.17, 15) is 9.59 Å². The van der Waals surface area contributed by atoms with E-state index in [1.807, 2.05) is 91.8 Å². The second-order valence-electron chi connectivity index (χ2n) is 10.5. The summed E-state index contributed by atoms with van der Waals surface area (Å²) in [5.74, 6) is 1.42. The third-order valence-electron chi connectivity index (χ3n) is 7.92. The molecule has 1 aliphatic carbocycles. The maximum atomic E-state index is 14.0. The van der Waals surface area contributed by atoms with Gasteiger partial charge in [-0.1, -0.05) is 36.4 Å². The van der Waals surface area contributed by atoms with Crippen molar-refractivity contribution < 1.29 is 14.3 Å². The number of fused-ring (bicyclic) bond motifs is 1. The van der Waals surface area contributed by atoms with Gasteiger partial charge in [0.15, 0.2) is 17.3 Å². The zero-order chi connectivity index (χ0) is 28.0. The minimum atomic E-state index is -0.477. The molecule has 0 unspecified atom stereocenters. The van der Waals surface area contributed by atoms with Gasteiger partial charge in [-0.3, -0.25) is 14.7 Å². The smallest absolute Gasteiger partial charge is 0.277 e. The predicted octanol–water partition coefficient (Wildman–Crippen LogP) is 5.21. The van der Waals surface area contributed by atoms with Crippen LogP contribution in [0.4, 0.5) is 11.5 Å². The molecule has 0 amide bonds. The number of hydrogen-bond donors (Lipinski definition) is 2. The molecule has 1 aliphatic heterocycles. The number of carbonyl (C=O) groups excluding carboxylic acids is 1. The van der Waals surface area contributed by atoms with E-state index in [1.165, 1.54) is 0 Å². The van der Waals surface area contributed by atoms with Crippen LogP contribution in [0, 0.1) is 0 Å². The van der Waals surface area contributed by atoms with E-state index in [0.29, 0.717) is 41.3 Å². The number of hydrogen-bond acceptors (Lipinski definition) is 6. The predicted molar refractivity (Wildman–Crippen MR) is 156 cm³/mol. The Morgan fingerprint density at radius 2 is 1.55 bits per heavy atom. The molecule has 6 rings (SSSR count). The van der Waals surface area contributed by atoms with E-state index in [2.05, 4.69) is 10.4 Å². The molecule has 4 aromatic rings. The maximum absolute atomic E-state index is 14.0. The van der Waals surface area contributed by atoms with Crippen LogP contribution in [-0.2, 0) is 4.79 Å². The molecule has 0 bridgehead atoms. The molecule has 2 aliphatic rings. The molecule has 0 spiro atoms. The fourth-order valence-electron chi connectivity index (χ4n) is 5.89. The summed E-state index contributed by atoms with van der Waals surface area (Å²) in [6, 6.07) is 23.4. The van der Waals surface area contributed by atoms with Crippen molar-refractivity contribution in [1.82, 2.24) is 9.78 Å². The number of benzene rings is 3. The normalized spacial score (nSPS) is 18.1. The van der Waals surface area contributed by atoms with Gasteiger partial charge in [-0.15, -0.1) is 0 Å². The molecule has 204 valence electrons. The van der Waals surface area contributed by atoms with Gasteiger partial charge in [-0.25, -0.2) is 4.68 Å². The van der Waals surface area contributed by atoms with Crippen LogP contribution in [0.1, 0.15) is 41.4 Å². The third kappa shape index (κ3) is 4.25. The number of Topliss-reactive ketones (excluding diaryl/α,β-unsaturated/α-hetero) is 1. The minimum absolute atomic E-state index is 0.0349. The molecule has 0 radical (unpaired) electrons. The Kier molecular flexibility index (Phi) is 6.46. The van der Waals surface area contributed by atoms with Crippen LogP contribution in [0.2, 0.25) is 0 Å². The first kappa shape index (κ1) is 25.6. The standard InChI is InChI=1S/C32H32N4O4/c1-35(2)22-13-10-19(11-14-22)28-29-24(33-31-30(28)32(38)36(34-31)23-8-6-5-7-9-23)16-21(17-25(29)37)20-12-15-26(39-3)27(18-20)40-4/h5-15,18,21,28,33-34H,16-17H2,1-4H3/t21-,28-/m1/s1. The van der Waals surface area contributed by atoms with E-state index in [0.717, 1.165) is 28.2 Å². The van der Waals surface area contributed by atoms with E-state index in [1.54, 1.807) is 18.9 Å². The first-order valence-corrected chi connectivity index (χ1v) is 13.3. The second kappa shape index (κ2) is 10.1. The fourth-order valence-corrected chi connectivity index (χ4v) is 5.89. The zero-order valence-corrected chi connectivity index (χ0v) is 23.0. The molecule has 0 saturated heterocycles. The Morgan fingerprint density at radius 3 is 2.23 bits per heavy atom. The van der Waals surface area contributed by atoms with Crippen LogP contribution in [0.25, 0.3) is 5.69 Å². The number of ketones is 1.